The number of aromatic nitrogens is 2. The Morgan fingerprint density at radius 2 is 1.90 bits per heavy atom. The van der Waals surface area contributed by atoms with Crippen molar-refractivity contribution in [1.29, 1.82) is 0 Å². The summed E-state index contributed by atoms with van der Waals surface area (Å²) >= 11 is 0. The molecule has 0 aliphatic carbocycles. The summed E-state index contributed by atoms with van der Waals surface area (Å²) in [6.07, 6.45) is 4.72. The van der Waals surface area contributed by atoms with E-state index >= 15 is 0 Å². The number of hydrogen-bond donors (Lipinski definition) is 1. The van der Waals surface area contributed by atoms with Crippen LogP contribution in [0.3, 0.4) is 0 Å². The lowest BCUT2D eigenvalue weighted by Crippen LogP contribution is -2.36. The Bertz CT molecular complexity index is 924. The summed E-state index contributed by atoms with van der Waals surface area (Å²) in [5.74, 6) is 0.211. The molecule has 0 saturated heterocycles. The van der Waals surface area contributed by atoms with Gasteiger partial charge in [-0.25, -0.2) is 4.98 Å². The van der Waals surface area contributed by atoms with Gasteiger partial charge in [0.2, 0.25) is 5.91 Å². The first-order chi connectivity index (χ1) is 14.0. The lowest BCUT2D eigenvalue weighted by Gasteiger charge is -2.22. The minimum Gasteiger partial charge on any atom is -0.467 e. The van der Waals surface area contributed by atoms with E-state index in [2.05, 4.69) is 15.3 Å². The molecule has 0 radical (unpaired) electrons. The van der Waals surface area contributed by atoms with Gasteiger partial charge >= 0.3 is 0 Å². The molecule has 1 N–H and O–H groups in total. The molecule has 0 spiro atoms. The molecule has 2 amide bonds. The van der Waals surface area contributed by atoms with Crippen LogP contribution in [0.1, 0.15) is 46.9 Å². The second kappa shape index (κ2) is 9.64. The van der Waals surface area contributed by atoms with E-state index < -0.39 is 0 Å². The van der Waals surface area contributed by atoms with Crippen molar-refractivity contribution in [2.75, 3.05) is 6.54 Å². The summed E-state index contributed by atoms with van der Waals surface area (Å²) in [5.41, 5.74) is 1.99. The number of carbonyl (C=O) groups excluding carboxylic acids is 2. The molecule has 0 bridgehead atoms. The molecular weight excluding hydrogens is 368 g/mol. The molecular formula is C22H24N4O3. The van der Waals surface area contributed by atoms with Gasteiger partial charge in [0.05, 0.1) is 30.7 Å². The third kappa shape index (κ3) is 5.75. The molecule has 7 nitrogen and oxygen atoms in total. The molecule has 1 aromatic carbocycles. The largest absolute Gasteiger partial charge is 0.467 e. The maximum atomic E-state index is 12.9. The molecule has 2 heterocycles. The van der Waals surface area contributed by atoms with Gasteiger partial charge in [-0.3, -0.25) is 14.6 Å². The normalized spacial score (nSPS) is 11.7. The monoisotopic (exact) mass is 392 g/mol. The van der Waals surface area contributed by atoms with Crippen LogP contribution in [-0.4, -0.2) is 33.2 Å². The first-order valence-corrected chi connectivity index (χ1v) is 9.47. The van der Waals surface area contributed by atoms with Crippen molar-refractivity contribution in [2.45, 2.75) is 32.9 Å². The van der Waals surface area contributed by atoms with Crippen molar-refractivity contribution in [3.05, 3.63) is 83.8 Å². The van der Waals surface area contributed by atoms with Gasteiger partial charge in [-0.15, -0.1) is 0 Å². The van der Waals surface area contributed by atoms with Crippen LogP contribution in [0.2, 0.25) is 0 Å². The van der Waals surface area contributed by atoms with Gasteiger partial charge < -0.3 is 14.6 Å². The Kier molecular flexibility index (Phi) is 6.73. The fourth-order valence-electron chi connectivity index (χ4n) is 2.88. The van der Waals surface area contributed by atoms with Crippen molar-refractivity contribution < 1.29 is 14.0 Å². The Balaban J connectivity index is 1.64. The Morgan fingerprint density at radius 3 is 2.55 bits per heavy atom. The van der Waals surface area contributed by atoms with Gasteiger partial charge in [0.25, 0.3) is 5.91 Å². The van der Waals surface area contributed by atoms with Crippen LogP contribution in [0.15, 0.2) is 65.5 Å². The topological polar surface area (TPSA) is 88.3 Å². The third-order valence-corrected chi connectivity index (χ3v) is 4.50. The van der Waals surface area contributed by atoms with Crippen molar-refractivity contribution in [2.24, 2.45) is 0 Å². The van der Waals surface area contributed by atoms with Gasteiger partial charge in [0, 0.05) is 19.2 Å². The van der Waals surface area contributed by atoms with Crippen LogP contribution in [0.5, 0.6) is 0 Å². The average Bonchev–Trinajstić information content (AvgIpc) is 3.25. The van der Waals surface area contributed by atoms with Crippen LogP contribution in [0.4, 0.5) is 0 Å². The van der Waals surface area contributed by atoms with Crippen molar-refractivity contribution in [1.82, 2.24) is 20.2 Å². The van der Waals surface area contributed by atoms with E-state index in [1.165, 1.54) is 6.20 Å². The fraction of sp³-hybridized carbons (Fsp3) is 0.273. The van der Waals surface area contributed by atoms with E-state index in [1.54, 1.807) is 36.4 Å². The number of hydrogen-bond acceptors (Lipinski definition) is 5. The highest BCUT2D eigenvalue weighted by molar-refractivity contribution is 5.92. The number of nitrogens with one attached hydrogen (secondary N) is 1. The van der Waals surface area contributed by atoms with E-state index in [-0.39, 0.29) is 43.1 Å². The smallest absolute Gasteiger partial charge is 0.274 e. The molecule has 1 atom stereocenters. The van der Waals surface area contributed by atoms with E-state index in [4.69, 9.17) is 4.42 Å². The zero-order valence-electron chi connectivity index (χ0n) is 16.5. The summed E-state index contributed by atoms with van der Waals surface area (Å²) in [6.45, 7) is 4.23. The van der Waals surface area contributed by atoms with Crippen LogP contribution >= 0.6 is 0 Å². The first kappa shape index (κ1) is 20.3. The second-order valence-electron chi connectivity index (χ2n) is 6.80. The number of aryl methyl sites for hydroxylation is 1. The standard InChI is InChI=1S/C22H24N4O3/c1-16-13-24-20(14-23-16)22(28)26(15-19-9-6-12-29-19)11-10-21(27)25-17(2)18-7-4-3-5-8-18/h3-9,12-14,17H,10-11,15H2,1-2H3,(H,25,27). The maximum Gasteiger partial charge on any atom is 0.274 e. The van der Waals surface area contributed by atoms with Crippen molar-refractivity contribution in [3.63, 3.8) is 0 Å². The Morgan fingerprint density at radius 1 is 1.10 bits per heavy atom. The van der Waals surface area contributed by atoms with Crippen LogP contribution in [-0.2, 0) is 11.3 Å². The number of rotatable bonds is 8. The molecule has 3 aromatic rings. The van der Waals surface area contributed by atoms with Crippen LogP contribution < -0.4 is 5.32 Å². The molecule has 2 aromatic heterocycles. The van der Waals surface area contributed by atoms with E-state index in [0.717, 1.165) is 11.3 Å². The van der Waals surface area contributed by atoms with Gasteiger partial charge in [-0.05, 0) is 31.5 Å². The SMILES string of the molecule is Cc1cnc(C(=O)N(CCC(=O)NC(C)c2ccccc2)Cc2ccco2)cn1. The van der Waals surface area contributed by atoms with Crippen molar-refractivity contribution >= 4 is 11.8 Å². The minimum atomic E-state index is -0.294. The molecule has 0 aliphatic heterocycles. The predicted molar refractivity (Wildman–Crippen MR) is 108 cm³/mol. The number of furan rings is 1. The average molecular weight is 392 g/mol. The summed E-state index contributed by atoms with van der Waals surface area (Å²) in [6, 6.07) is 13.2. The van der Waals surface area contributed by atoms with E-state index in [9.17, 15) is 9.59 Å². The van der Waals surface area contributed by atoms with E-state index in [1.807, 2.05) is 37.3 Å². The van der Waals surface area contributed by atoms with Crippen LogP contribution in [0.25, 0.3) is 0 Å². The molecule has 150 valence electrons. The second-order valence-corrected chi connectivity index (χ2v) is 6.80. The molecule has 0 saturated carbocycles. The van der Waals surface area contributed by atoms with Gasteiger partial charge in [0.15, 0.2) is 0 Å². The summed E-state index contributed by atoms with van der Waals surface area (Å²) in [4.78, 5) is 35.2. The fourth-order valence-corrected chi connectivity index (χ4v) is 2.88. The zero-order chi connectivity index (χ0) is 20.6. The molecule has 3 rings (SSSR count). The summed E-state index contributed by atoms with van der Waals surface area (Å²) < 4.78 is 5.37. The minimum absolute atomic E-state index is 0.110. The molecule has 7 heteroatoms. The van der Waals surface area contributed by atoms with Gasteiger partial charge in [-0.2, -0.15) is 0 Å². The van der Waals surface area contributed by atoms with Crippen LogP contribution in [0, 0.1) is 6.92 Å². The highest BCUT2D eigenvalue weighted by atomic mass is 16.3. The zero-order valence-corrected chi connectivity index (χ0v) is 16.5. The molecule has 29 heavy (non-hydrogen) atoms. The number of benzene rings is 1. The first-order valence-electron chi connectivity index (χ1n) is 9.47. The van der Waals surface area contributed by atoms with Crippen molar-refractivity contribution in [3.8, 4) is 0 Å². The summed E-state index contributed by atoms with van der Waals surface area (Å²) in [5, 5.41) is 2.97. The molecule has 0 aliphatic rings. The predicted octanol–water partition coefficient (Wildman–Crippen LogP) is 3.29. The summed E-state index contributed by atoms with van der Waals surface area (Å²) in [7, 11) is 0. The maximum absolute atomic E-state index is 12.9. The highest BCUT2D eigenvalue weighted by Crippen LogP contribution is 2.13. The lowest BCUT2D eigenvalue weighted by molar-refractivity contribution is -0.122. The molecule has 0 fully saturated rings. The highest BCUT2D eigenvalue weighted by Gasteiger charge is 2.20. The Hall–Kier alpha value is -3.48. The molecule has 1 unspecified atom stereocenters. The number of nitrogens with zero attached hydrogens (tertiary/aromatic N) is 3. The Labute approximate surface area is 169 Å². The third-order valence-electron chi connectivity index (χ3n) is 4.50. The number of carbonyl (C=O) groups is 2. The lowest BCUT2D eigenvalue weighted by atomic mass is 10.1. The van der Waals surface area contributed by atoms with Gasteiger partial charge in [-0.1, -0.05) is 30.3 Å². The quantitative estimate of drug-likeness (QED) is 0.635. The van der Waals surface area contributed by atoms with Gasteiger partial charge in [0.1, 0.15) is 11.5 Å². The van der Waals surface area contributed by atoms with E-state index in [0.29, 0.717) is 5.76 Å². The number of amides is 2.